The summed E-state index contributed by atoms with van der Waals surface area (Å²) in [6.45, 7) is 9.07. The third kappa shape index (κ3) is 16.7. The van der Waals surface area contributed by atoms with Crippen LogP contribution in [0.5, 0.6) is 0 Å². The van der Waals surface area contributed by atoms with Gasteiger partial charge in [-0.25, -0.2) is 14.4 Å². The highest BCUT2D eigenvalue weighted by Gasteiger charge is 2.25. The van der Waals surface area contributed by atoms with Crippen LogP contribution in [0.3, 0.4) is 0 Å². The van der Waals surface area contributed by atoms with E-state index in [1.807, 2.05) is 27.7 Å². The fourth-order valence-corrected chi connectivity index (χ4v) is 4.09. The number of hydrogen-bond donors (Lipinski definition) is 0. The van der Waals surface area contributed by atoms with Crippen LogP contribution in [-0.2, 0) is 43.0 Å². The molecule has 0 amide bonds. The van der Waals surface area contributed by atoms with Crippen LogP contribution in [0, 0.1) is 17.8 Å². The largest absolute Gasteiger partial charge is 0.463 e. The summed E-state index contributed by atoms with van der Waals surface area (Å²) in [5.74, 6) is -2.53. The molecule has 0 rings (SSSR count). The second-order valence-electron chi connectivity index (χ2n) is 10.3. The predicted molar refractivity (Wildman–Crippen MR) is 154 cm³/mol. The van der Waals surface area contributed by atoms with Crippen LogP contribution < -0.4 is 0 Å². The average Bonchev–Trinajstić information content (AvgIpc) is 2.99. The van der Waals surface area contributed by atoms with E-state index in [1.165, 1.54) is 18.2 Å². The summed E-state index contributed by atoms with van der Waals surface area (Å²) in [7, 11) is 0. The van der Waals surface area contributed by atoms with Crippen LogP contribution in [0.4, 0.5) is 0 Å². The van der Waals surface area contributed by atoms with E-state index in [0.29, 0.717) is 64.2 Å². The number of hydrogen-bond acceptors (Lipinski definition) is 12. The molecular formula is C30H47N3O9. The number of aliphatic imine (C=N–C) groups is 3. The van der Waals surface area contributed by atoms with Gasteiger partial charge in [-0.3, -0.25) is 14.4 Å². The van der Waals surface area contributed by atoms with Crippen molar-refractivity contribution in [2.24, 2.45) is 32.7 Å². The standard InChI is InChI=1S/C30H47N3O9/c1-6-23(29(38)41-17-26(8-3)32-20-35)12-10-11-13-24(30(39)42-18-27(9-4)33-21-36)15-14-22(5)28(37)40-16-25(7-2)31-19-34/h22-27H,6-18H2,1-5H3. The summed E-state index contributed by atoms with van der Waals surface area (Å²) < 4.78 is 16.1. The lowest BCUT2D eigenvalue weighted by atomic mass is 9.91. The van der Waals surface area contributed by atoms with Gasteiger partial charge in [0.15, 0.2) is 0 Å². The lowest BCUT2D eigenvalue weighted by Crippen LogP contribution is -2.25. The minimum absolute atomic E-state index is 0.0134. The zero-order valence-corrected chi connectivity index (χ0v) is 25.7. The maximum atomic E-state index is 13.0. The van der Waals surface area contributed by atoms with Gasteiger partial charge in [0, 0.05) is 0 Å². The molecule has 0 bridgehead atoms. The zero-order chi connectivity index (χ0) is 31.8. The Labute approximate surface area is 248 Å². The molecule has 0 fully saturated rings. The number of carbonyl (C=O) groups is 3. The SMILES string of the molecule is CCC(COC(=O)C(C)CCC(CCCCC(CC)C(=O)OCC(CC)N=C=O)C(=O)OCC(CC)N=C=O)N=C=O. The molecule has 0 aliphatic carbocycles. The van der Waals surface area contributed by atoms with E-state index in [-0.39, 0.29) is 31.7 Å². The van der Waals surface area contributed by atoms with E-state index in [9.17, 15) is 28.8 Å². The first kappa shape index (κ1) is 38.5. The zero-order valence-electron chi connectivity index (χ0n) is 25.7. The Bertz CT molecular complexity index is 954. The molecule has 0 aromatic carbocycles. The molecule has 42 heavy (non-hydrogen) atoms. The first-order chi connectivity index (χ1) is 20.2. The van der Waals surface area contributed by atoms with E-state index in [4.69, 9.17) is 14.2 Å². The normalized spacial score (nSPS) is 14.8. The van der Waals surface area contributed by atoms with Crippen LogP contribution in [0.2, 0.25) is 0 Å². The van der Waals surface area contributed by atoms with Crippen molar-refractivity contribution in [3.8, 4) is 0 Å². The maximum absolute atomic E-state index is 13.0. The van der Waals surface area contributed by atoms with Gasteiger partial charge in [0.1, 0.15) is 19.8 Å². The first-order valence-corrected chi connectivity index (χ1v) is 14.9. The number of rotatable bonds is 24. The Kier molecular flexibility index (Phi) is 22.2. The molecule has 0 saturated heterocycles. The fourth-order valence-electron chi connectivity index (χ4n) is 4.09. The van der Waals surface area contributed by atoms with Crippen LogP contribution >= 0.6 is 0 Å². The number of esters is 3. The third-order valence-corrected chi connectivity index (χ3v) is 7.24. The van der Waals surface area contributed by atoms with Crippen molar-refractivity contribution in [1.82, 2.24) is 0 Å². The molecule has 0 heterocycles. The minimum Gasteiger partial charge on any atom is -0.463 e. The van der Waals surface area contributed by atoms with Crippen molar-refractivity contribution in [3.05, 3.63) is 0 Å². The van der Waals surface area contributed by atoms with Gasteiger partial charge in [0.2, 0.25) is 18.2 Å². The topological polar surface area (TPSA) is 167 Å². The number of ether oxygens (including phenoxy) is 3. The second kappa shape index (κ2) is 24.2. The molecule has 0 N–H and O–H groups in total. The van der Waals surface area contributed by atoms with Crippen molar-refractivity contribution in [1.29, 1.82) is 0 Å². The Morgan fingerprint density at radius 3 is 1.31 bits per heavy atom. The molecule has 6 unspecified atom stereocenters. The molecule has 6 atom stereocenters. The molecule has 0 aromatic heterocycles. The van der Waals surface area contributed by atoms with Crippen LogP contribution in [-0.4, -0.2) is 74.1 Å². The maximum Gasteiger partial charge on any atom is 0.309 e. The van der Waals surface area contributed by atoms with Gasteiger partial charge in [-0.15, -0.1) is 0 Å². The number of nitrogens with zero attached hydrogens (tertiary/aromatic N) is 3. The highest BCUT2D eigenvalue weighted by atomic mass is 16.5. The van der Waals surface area contributed by atoms with Crippen LogP contribution in [0.1, 0.15) is 98.8 Å². The number of carbonyl (C=O) groups excluding carboxylic acids is 6. The number of isocyanates is 3. The lowest BCUT2D eigenvalue weighted by Gasteiger charge is -2.20. The summed E-state index contributed by atoms with van der Waals surface area (Å²) >= 11 is 0. The smallest absolute Gasteiger partial charge is 0.309 e. The van der Waals surface area contributed by atoms with Gasteiger partial charge >= 0.3 is 17.9 Å². The Balaban J connectivity index is 5.10. The quantitative estimate of drug-likeness (QED) is 0.0511. The minimum atomic E-state index is -0.500. The summed E-state index contributed by atoms with van der Waals surface area (Å²) in [5, 5.41) is 0. The second-order valence-corrected chi connectivity index (χ2v) is 10.3. The van der Waals surface area contributed by atoms with E-state index < -0.39 is 41.9 Å². The predicted octanol–water partition coefficient (Wildman–Crippen LogP) is 4.58. The lowest BCUT2D eigenvalue weighted by molar-refractivity contribution is -0.152. The molecule has 0 spiro atoms. The van der Waals surface area contributed by atoms with Crippen LogP contribution in [0.15, 0.2) is 15.0 Å². The average molecular weight is 594 g/mol. The molecular weight excluding hydrogens is 546 g/mol. The fraction of sp³-hybridized carbons (Fsp3) is 0.800. The number of unbranched alkanes of at least 4 members (excludes halogenated alkanes) is 1. The monoisotopic (exact) mass is 593 g/mol. The van der Waals surface area contributed by atoms with E-state index in [1.54, 1.807) is 6.92 Å². The van der Waals surface area contributed by atoms with Crippen LogP contribution in [0.25, 0.3) is 0 Å². The molecule has 0 aliphatic rings. The molecule has 0 aliphatic heterocycles. The highest BCUT2D eigenvalue weighted by molar-refractivity contribution is 5.74. The van der Waals surface area contributed by atoms with Gasteiger partial charge in [-0.05, 0) is 51.4 Å². The Hall–Kier alpha value is -3.45. The van der Waals surface area contributed by atoms with Gasteiger partial charge in [-0.2, -0.15) is 15.0 Å². The van der Waals surface area contributed by atoms with Gasteiger partial charge in [-0.1, -0.05) is 47.5 Å². The van der Waals surface area contributed by atoms with Crippen molar-refractivity contribution in [2.45, 2.75) is 117 Å². The van der Waals surface area contributed by atoms with E-state index in [2.05, 4.69) is 15.0 Å². The van der Waals surface area contributed by atoms with Crippen molar-refractivity contribution in [2.75, 3.05) is 19.8 Å². The molecule has 0 aromatic rings. The van der Waals surface area contributed by atoms with Gasteiger partial charge in [0.25, 0.3) is 0 Å². The molecule has 236 valence electrons. The third-order valence-electron chi connectivity index (χ3n) is 7.24. The molecule has 12 nitrogen and oxygen atoms in total. The van der Waals surface area contributed by atoms with E-state index in [0.717, 1.165) is 0 Å². The summed E-state index contributed by atoms with van der Waals surface area (Å²) in [6, 6.07) is -1.32. The summed E-state index contributed by atoms with van der Waals surface area (Å²) in [6.07, 6.45) is 9.77. The Morgan fingerprint density at radius 2 is 0.929 bits per heavy atom. The summed E-state index contributed by atoms with van der Waals surface area (Å²) in [4.78, 5) is 80.4. The molecule has 0 saturated carbocycles. The van der Waals surface area contributed by atoms with E-state index >= 15 is 0 Å². The van der Waals surface area contributed by atoms with Crippen molar-refractivity contribution >= 4 is 36.1 Å². The van der Waals surface area contributed by atoms with Gasteiger partial charge < -0.3 is 14.2 Å². The Morgan fingerprint density at radius 1 is 0.548 bits per heavy atom. The molecule has 0 radical (unpaired) electrons. The summed E-state index contributed by atoms with van der Waals surface area (Å²) in [5.41, 5.74) is 0. The van der Waals surface area contributed by atoms with Crippen molar-refractivity contribution in [3.63, 3.8) is 0 Å². The van der Waals surface area contributed by atoms with Crippen molar-refractivity contribution < 1.29 is 43.0 Å². The molecule has 12 heteroatoms. The highest BCUT2D eigenvalue weighted by Crippen LogP contribution is 2.24. The first-order valence-electron chi connectivity index (χ1n) is 14.9. The van der Waals surface area contributed by atoms with Gasteiger partial charge in [0.05, 0.1) is 35.9 Å².